The third-order valence-electron chi connectivity index (χ3n) is 1.21. The molecule has 0 aliphatic carbocycles. The van der Waals surface area contributed by atoms with E-state index in [0.717, 1.165) is 6.08 Å². The molecule has 0 heterocycles. The van der Waals surface area contributed by atoms with Crippen LogP contribution in [0.15, 0.2) is 12.7 Å². The predicted octanol–water partition coefficient (Wildman–Crippen LogP) is -2.90. The fraction of sp³-hybridized carbons (Fsp3) is 0.571. The van der Waals surface area contributed by atoms with Crippen molar-refractivity contribution in [3.63, 3.8) is 0 Å². The standard InChI is InChI=1S/C7H14N2O4.ClH/c1-5-7(10)8-9(11-3,12-4)13-6-2;/h5H,1,6H2,2-4H3;1H. The summed E-state index contributed by atoms with van der Waals surface area (Å²) in [6.45, 7) is 5.34. The first-order valence-electron chi connectivity index (χ1n) is 3.73. The van der Waals surface area contributed by atoms with Gasteiger partial charge >= 0.3 is 0 Å². The van der Waals surface area contributed by atoms with E-state index in [9.17, 15) is 4.79 Å². The second-order valence-corrected chi connectivity index (χ2v) is 1.96. The highest BCUT2D eigenvalue weighted by molar-refractivity contribution is 5.85. The van der Waals surface area contributed by atoms with Gasteiger partial charge in [0.05, 0.1) is 0 Å². The molecule has 0 aromatic carbocycles. The minimum Gasteiger partial charge on any atom is -1.00 e. The lowest BCUT2D eigenvalue weighted by Gasteiger charge is -2.23. The maximum atomic E-state index is 10.9. The Bertz CT molecular complexity index is 185. The first kappa shape index (κ1) is 15.8. The Kier molecular flexibility index (Phi) is 8.71. The van der Waals surface area contributed by atoms with E-state index >= 15 is 0 Å². The van der Waals surface area contributed by atoms with Crippen molar-refractivity contribution in [3.05, 3.63) is 12.7 Å². The molecule has 0 saturated carbocycles. The van der Waals surface area contributed by atoms with E-state index in [1.807, 2.05) is 0 Å². The second kappa shape index (κ2) is 7.72. The molecule has 0 aromatic heterocycles. The van der Waals surface area contributed by atoms with E-state index in [4.69, 9.17) is 14.5 Å². The number of hydrogen-bond donors (Lipinski definition) is 1. The number of hydrogen-bond acceptors (Lipinski definition) is 4. The maximum Gasteiger partial charge on any atom is 0.297 e. The summed E-state index contributed by atoms with van der Waals surface area (Å²) < 4.78 is 0. The van der Waals surface area contributed by atoms with Gasteiger partial charge in [0.25, 0.3) is 5.91 Å². The van der Waals surface area contributed by atoms with Gasteiger partial charge in [0, 0.05) is 6.08 Å². The molecule has 7 heteroatoms. The Morgan fingerprint density at radius 3 is 2.29 bits per heavy atom. The van der Waals surface area contributed by atoms with E-state index in [-0.39, 0.29) is 12.4 Å². The van der Waals surface area contributed by atoms with Crippen molar-refractivity contribution in [1.82, 2.24) is 5.43 Å². The molecule has 0 aromatic rings. The molecule has 0 bridgehead atoms. The Hall–Kier alpha value is -0.660. The van der Waals surface area contributed by atoms with Crippen molar-refractivity contribution >= 4 is 5.91 Å². The van der Waals surface area contributed by atoms with Crippen molar-refractivity contribution in [3.8, 4) is 0 Å². The summed E-state index contributed by atoms with van der Waals surface area (Å²) in [5.74, 6) is -0.461. The van der Waals surface area contributed by atoms with Gasteiger partial charge in [-0.05, 0) is 6.92 Å². The van der Waals surface area contributed by atoms with Crippen molar-refractivity contribution in [2.45, 2.75) is 6.92 Å². The van der Waals surface area contributed by atoms with Crippen LogP contribution in [0.5, 0.6) is 0 Å². The Labute approximate surface area is 89.2 Å². The zero-order chi connectivity index (χ0) is 10.3. The van der Waals surface area contributed by atoms with Gasteiger partial charge < -0.3 is 12.4 Å². The molecular formula is C7H15ClN2O4. The smallest absolute Gasteiger partial charge is 0.297 e. The van der Waals surface area contributed by atoms with Gasteiger partial charge in [-0.25, -0.2) is 0 Å². The highest BCUT2D eigenvalue weighted by Gasteiger charge is 2.34. The number of halogens is 1. The lowest BCUT2D eigenvalue weighted by Crippen LogP contribution is -3.00. The van der Waals surface area contributed by atoms with Crippen LogP contribution in [0.1, 0.15) is 6.92 Å². The number of quaternary nitrogens is 1. The summed E-state index contributed by atoms with van der Waals surface area (Å²) in [7, 11) is 2.67. The molecule has 84 valence electrons. The summed E-state index contributed by atoms with van der Waals surface area (Å²) in [6.07, 6.45) is 1.09. The van der Waals surface area contributed by atoms with Crippen LogP contribution in [0.25, 0.3) is 0 Å². The number of amides is 1. The first-order valence-corrected chi connectivity index (χ1v) is 3.73. The lowest BCUT2D eigenvalue weighted by molar-refractivity contribution is -1.38. The topological polar surface area (TPSA) is 56.8 Å². The third kappa shape index (κ3) is 4.54. The number of carbonyl (C=O) groups excluding carboxylic acids is 1. The second-order valence-electron chi connectivity index (χ2n) is 1.96. The number of nitrogens with zero attached hydrogens (tertiary/aromatic N) is 1. The Balaban J connectivity index is 0. The van der Waals surface area contributed by atoms with Gasteiger partial charge in [0.2, 0.25) is 5.08 Å². The molecule has 0 fully saturated rings. The van der Waals surface area contributed by atoms with Crippen LogP contribution >= 0.6 is 0 Å². The summed E-state index contributed by atoms with van der Waals surface area (Å²) in [6, 6.07) is 0. The summed E-state index contributed by atoms with van der Waals surface area (Å²) >= 11 is 0. The molecule has 0 rings (SSSR count). The van der Waals surface area contributed by atoms with Crippen LogP contribution in [0.2, 0.25) is 0 Å². The SMILES string of the molecule is C=CC(=O)N[N+](OC)(OC)OCC.[Cl-]. The molecule has 1 amide bonds. The van der Waals surface area contributed by atoms with Crippen molar-refractivity contribution in [1.29, 1.82) is 0 Å². The van der Waals surface area contributed by atoms with Crippen LogP contribution < -0.4 is 17.8 Å². The number of carbonyl (C=O) groups is 1. The van der Waals surface area contributed by atoms with E-state index < -0.39 is 11.0 Å². The van der Waals surface area contributed by atoms with Gasteiger partial charge in [-0.1, -0.05) is 12.0 Å². The van der Waals surface area contributed by atoms with Crippen molar-refractivity contribution < 1.29 is 36.8 Å². The summed E-state index contributed by atoms with van der Waals surface area (Å²) in [5.41, 5.74) is 2.29. The molecule has 0 aliphatic heterocycles. The van der Waals surface area contributed by atoms with Gasteiger partial charge in [0.15, 0.2) is 0 Å². The Morgan fingerprint density at radius 1 is 1.50 bits per heavy atom. The fourth-order valence-electron chi connectivity index (χ4n) is 0.654. The minimum absolute atomic E-state index is 0. The maximum absolute atomic E-state index is 10.9. The normalized spacial score (nSPS) is 10.2. The molecule has 0 atom stereocenters. The fourth-order valence-corrected chi connectivity index (χ4v) is 0.654. The highest BCUT2D eigenvalue weighted by atomic mass is 35.5. The molecule has 14 heavy (non-hydrogen) atoms. The molecule has 6 nitrogen and oxygen atoms in total. The zero-order valence-corrected chi connectivity index (χ0v) is 9.21. The molecule has 0 aliphatic rings. The van der Waals surface area contributed by atoms with Crippen LogP contribution in [0, 0.1) is 0 Å². The molecular weight excluding hydrogens is 212 g/mol. The Morgan fingerprint density at radius 2 is 2.00 bits per heavy atom. The van der Waals surface area contributed by atoms with E-state index in [2.05, 4.69) is 12.0 Å². The number of rotatable bonds is 6. The van der Waals surface area contributed by atoms with Gasteiger partial charge in [-0.3, -0.25) is 4.79 Å². The molecule has 0 unspecified atom stereocenters. The van der Waals surface area contributed by atoms with E-state index in [1.54, 1.807) is 6.92 Å². The summed E-state index contributed by atoms with van der Waals surface area (Å²) in [5, 5.41) is -0.846. The van der Waals surface area contributed by atoms with Gasteiger partial charge in [-0.15, -0.1) is 14.5 Å². The highest BCUT2D eigenvalue weighted by Crippen LogP contribution is 2.03. The van der Waals surface area contributed by atoms with Crippen LogP contribution in [-0.2, 0) is 19.3 Å². The largest absolute Gasteiger partial charge is 1.00 e. The molecule has 0 spiro atoms. The van der Waals surface area contributed by atoms with Crippen molar-refractivity contribution in [2.75, 3.05) is 20.8 Å². The quantitative estimate of drug-likeness (QED) is 0.300. The molecule has 0 radical (unpaired) electrons. The molecule has 0 saturated heterocycles. The van der Waals surface area contributed by atoms with Crippen molar-refractivity contribution in [2.24, 2.45) is 0 Å². The average Bonchev–Trinajstić information content (AvgIpc) is 2.17. The lowest BCUT2D eigenvalue weighted by atomic mass is 10.6. The number of nitrogens with one attached hydrogen (secondary N) is 1. The monoisotopic (exact) mass is 226 g/mol. The first-order chi connectivity index (χ1) is 6.14. The predicted molar refractivity (Wildman–Crippen MR) is 44.2 cm³/mol. The van der Waals surface area contributed by atoms with Gasteiger partial charge in [0.1, 0.15) is 20.8 Å². The minimum atomic E-state index is -0.846. The van der Waals surface area contributed by atoms with E-state index in [1.165, 1.54) is 14.2 Å². The summed E-state index contributed by atoms with van der Waals surface area (Å²) in [4.78, 5) is 25.6. The van der Waals surface area contributed by atoms with Crippen LogP contribution in [0.4, 0.5) is 0 Å². The van der Waals surface area contributed by atoms with E-state index in [0.29, 0.717) is 6.61 Å². The molecule has 1 N–H and O–H groups in total. The van der Waals surface area contributed by atoms with Gasteiger partial charge in [-0.2, -0.15) is 0 Å². The van der Waals surface area contributed by atoms with Crippen LogP contribution in [-0.4, -0.2) is 31.8 Å². The third-order valence-corrected chi connectivity index (χ3v) is 1.21. The van der Waals surface area contributed by atoms with Crippen LogP contribution in [0.3, 0.4) is 0 Å². The average molecular weight is 227 g/mol. The zero-order valence-electron chi connectivity index (χ0n) is 8.45.